The third-order valence-electron chi connectivity index (χ3n) is 3.97. The van der Waals surface area contributed by atoms with Crippen LogP contribution < -0.4 is 0 Å². The third kappa shape index (κ3) is 5.48. The summed E-state index contributed by atoms with van der Waals surface area (Å²) >= 11 is 0. The maximum atomic E-state index is 11.6. The van der Waals surface area contributed by atoms with E-state index >= 15 is 0 Å². The Morgan fingerprint density at radius 2 is 2.10 bits per heavy atom. The van der Waals surface area contributed by atoms with Gasteiger partial charge in [-0.1, -0.05) is 30.3 Å². The Morgan fingerprint density at radius 1 is 1.29 bits per heavy atom. The summed E-state index contributed by atoms with van der Waals surface area (Å²) in [5.41, 5.74) is 1.31. The summed E-state index contributed by atoms with van der Waals surface area (Å²) in [7, 11) is 1.47. The van der Waals surface area contributed by atoms with Gasteiger partial charge in [-0.05, 0) is 31.4 Å². The molecule has 0 spiro atoms. The molecular weight excluding hydrogens is 266 g/mol. The number of piperidine rings is 1. The van der Waals surface area contributed by atoms with Gasteiger partial charge < -0.3 is 14.4 Å². The molecule has 0 amide bonds. The molecule has 1 saturated heterocycles. The molecule has 116 valence electrons. The summed E-state index contributed by atoms with van der Waals surface area (Å²) in [6.07, 6.45) is 2.95. The Kier molecular flexibility index (Phi) is 6.70. The van der Waals surface area contributed by atoms with Crippen LogP contribution in [0.25, 0.3) is 0 Å². The molecule has 1 heterocycles. The van der Waals surface area contributed by atoms with Crippen LogP contribution >= 0.6 is 0 Å². The molecule has 0 N–H and O–H groups in total. The van der Waals surface area contributed by atoms with Crippen LogP contribution in [0.1, 0.15) is 18.4 Å². The first-order chi connectivity index (χ1) is 10.3. The minimum atomic E-state index is -0.0790. The molecule has 1 atom stereocenters. The van der Waals surface area contributed by atoms with Crippen molar-refractivity contribution in [1.82, 2.24) is 4.90 Å². The summed E-state index contributed by atoms with van der Waals surface area (Å²) in [5, 5.41) is 0. The standard InChI is InChI=1S/C17H25NO3/c1-20-17(19)16-8-5-10-18(14-16)11-13-21-12-9-15-6-3-2-4-7-15/h2-4,6-7,16H,5,8-14H2,1H3/t16-/m1/s1. The fourth-order valence-corrected chi connectivity index (χ4v) is 2.75. The zero-order chi connectivity index (χ0) is 14.9. The lowest BCUT2D eigenvalue weighted by atomic mass is 9.98. The number of esters is 1. The van der Waals surface area contributed by atoms with Gasteiger partial charge >= 0.3 is 5.97 Å². The predicted molar refractivity (Wildman–Crippen MR) is 82.1 cm³/mol. The van der Waals surface area contributed by atoms with Gasteiger partial charge in [-0.15, -0.1) is 0 Å². The van der Waals surface area contributed by atoms with Crippen molar-refractivity contribution < 1.29 is 14.3 Å². The quantitative estimate of drug-likeness (QED) is 0.570. The topological polar surface area (TPSA) is 38.8 Å². The number of likely N-dealkylation sites (tertiary alicyclic amines) is 1. The van der Waals surface area contributed by atoms with Crippen LogP contribution in [0.2, 0.25) is 0 Å². The highest BCUT2D eigenvalue weighted by atomic mass is 16.5. The zero-order valence-corrected chi connectivity index (χ0v) is 12.8. The van der Waals surface area contributed by atoms with Gasteiger partial charge in [0.15, 0.2) is 0 Å². The molecule has 0 saturated carbocycles. The van der Waals surface area contributed by atoms with Gasteiger partial charge in [0, 0.05) is 13.1 Å². The van der Waals surface area contributed by atoms with E-state index in [0.29, 0.717) is 0 Å². The number of methoxy groups -OCH3 is 1. The van der Waals surface area contributed by atoms with E-state index in [1.807, 2.05) is 6.07 Å². The molecule has 21 heavy (non-hydrogen) atoms. The highest BCUT2D eigenvalue weighted by Gasteiger charge is 2.25. The first-order valence-electron chi connectivity index (χ1n) is 7.71. The average Bonchev–Trinajstić information content (AvgIpc) is 2.55. The van der Waals surface area contributed by atoms with Gasteiger partial charge in [0.25, 0.3) is 0 Å². The lowest BCUT2D eigenvalue weighted by Crippen LogP contribution is -2.40. The van der Waals surface area contributed by atoms with Crippen molar-refractivity contribution in [2.75, 3.05) is 40.0 Å². The summed E-state index contributed by atoms with van der Waals surface area (Å²) in [6.45, 7) is 4.21. The van der Waals surface area contributed by atoms with Crippen molar-refractivity contribution in [2.24, 2.45) is 5.92 Å². The van der Waals surface area contributed by atoms with Crippen molar-refractivity contribution in [3.8, 4) is 0 Å². The van der Waals surface area contributed by atoms with Crippen LogP contribution in [0.5, 0.6) is 0 Å². The lowest BCUT2D eigenvalue weighted by Gasteiger charge is -2.31. The monoisotopic (exact) mass is 291 g/mol. The number of carbonyl (C=O) groups excluding carboxylic acids is 1. The minimum absolute atomic E-state index is 0.0352. The Balaban J connectivity index is 1.59. The smallest absolute Gasteiger partial charge is 0.309 e. The molecule has 0 aromatic heterocycles. The largest absolute Gasteiger partial charge is 0.469 e. The zero-order valence-electron chi connectivity index (χ0n) is 12.8. The van der Waals surface area contributed by atoms with Crippen molar-refractivity contribution in [3.05, 3.63) is 35.9 Å². The number of hydrogen-bond acceptors (Lipinski definition) is 4. The van der Waals surface area contributed by atoms with Crippen LogP contribution in [-0.2, 0) is 20.7 Å². The molecule has 0 aliphatic carbocycles. The van der Waals surface area contributed by atoms with Gasteiger partial charge in [0.05, 0.1) is 26.2 Å². The van der Waals surface area contributed by atoms with Gasteiger partial charge in [-0.25, -0.2) is 0 Å². The van der Waals surface area contributed by atoms with E-state index in [4.69, 9.17) is 9.47 Å². The van der Waals surface area contributed by atoms with E-state index in [1.165, 1.54) is 12.7 Å². The van der Waals surface area contributed by atoms with Crippen molar-refractivity contribution in [1.29, 1.82) is 0 Å². The highest BCUT2D eigenvalue weighted by molar-refractivity contribution is 5.72. The Hall–Kier alpha value is -1.39. The van der Waals surface area contributed by atoms with E-state index in [9.17, 15) is 4.79 Å². The fourth-order valence-electron chi connectivity index (χ4n) is 2.75. The van der Waals surface area contributed by atoms with Gasteiger partial charge in [-0.3, -0.25) is 4.79 Å². The minimum Gasteiger partial charge on any atom is -0.469 e. The van der Waals surface area contributed by atoms with Gasteiger partial charge in [0.2, 0.25) is 0 Å². The van der Waals surface area contributed by atoms with Crippen LogP contribution in [0.4, 0.5) is 0 Å². The maximum absolute atomic E-state index is 11.6. The Labute approximate surface area is 127 Å². The van der Waals surface area contributed by atoms with E-state index in [2.05, 4.69) is 29.2 Å². The first-order valence-corrected chi connectivity index (χ1v) is 7.71. The molecular formula is C17H25NO3. The van der Waals surface area contributed by atoms with E-state index < -0.39 is 0 Å². The number of hydrogen-bond donors (Lipinski definition) is 0. The molecule has 4 heteroatoms. The summed E-state index contributed by atoms with van der Waals surface area (Å²) in [5.74, 6) is -0.0437. The molecule has 0 radical (unpaired) electrons. The maximum Gasteiger partial charge on any atom is 0.309 e. The number of nitrogens with zero attached hydrogens (tertiary/aromatic N) is 1. The highest BCUT2D eigenvalue weighted by Crippen LogP contribution is 2.17. The molecule has 2 rings (SSSR count). The number of carbonyl (C=O) groups is 1. The summed E-state index contributed by atoms with van der Waals surface area (Å²) < 4.78 is 10.5. The van der Waals surface area contributed by atoms with Crippen LogP contribution in [0.3, 0.4) is 0 Å². The van der Waals surface area contributed by atoms with E-state index in [-0.39, 0.29) is 11.9 Å². The number of benzene rings is 1. The summed E-state index contributed by atoms with van der Waals surface area (Å²) in [4.78, 5) is 13.9. The molecule has 0 unspecified atom stereocenters. The average molecular weight is 291 g/mol. The number of rotatable bonds is 7. The lowest BCUT2D eigenvalue weighted by molar-refractivity contribution is -0.147. The van der Waals surface area contributed by atoms with Crippen molar-refractivity contribution >= 4 is 5.97 Å². The van der Waals surface area contributed by atoms with E-state index in [1.54, 1.807) is 0 Å². The Bertz CT molecular complexity index is 421. The second-order valence-corrected chi connectivity index (χ2v) is 5.51. The second kappa shape index (κ2) is 8.80. The van der Waals surface area contributed by atoms with Crippen LogP contribution in [0.15, 0.2) is 30.3 Å². The molecule has 1 fully saturated rings. The normalized spacial score (nSPS) is 19.4. The Morgan fingerprint density at radius 3 is 2.86 bits per heavy atom. The van der Waals surface area contributed by atoms with Gasteiger partial charge in [-0.2, -0.15) is 0 Å². The van der Waals surface area contributed by atoms with Crippen LogP contribution in [-0.4, -0.2) is 50.8 Å². The van der Waals surface area contributed by atoms with Gasteiger partial charge in [0.1, 0.15) is 0 Å². The SMILES string of the molecule is COC(=O)[C@@H]1CCCN(CCOCCc2ccccc2)C1. The van der Waals surface area contributed by atoms with Crippen LogP contribution in [0, 0.1) is 5.92 Å². The fraction of sp³-hybridized carbons (Fsp3) is 0.588. The molecule has 1 aliphatic rings. The third-order valence-corrected chi connectivity index (χ3v) is 3.97. The van der Waals surface area contributed by atoms with Crippen molar-refractivity contribution in [2.45, 2.75) is 19.3 Å². The molecule has 4 nitrogen and oxygen atoms in total. The predicted octanol–water partition coefficient (Wildman–Crippen LogP) is 2.13. The summed E-state index contributed by atoms with van der Waals surface area (Å²) in [6, 6.07) is 10.4. The number of ether oxygens (including phenoxy) is 2. The first kappa shape index (κ1) is 16.0. The second-order valence-electron chi connectivity index (χ2n) is 5.51. The molecule has 0 bridgehead atoms. The van der Waals surface area contributed by atoms with Crippen molar-refractivity contribution in [3.63, 3.8) is 0 Å². The molecule has 1 aromatic rings. The van der Waals surface area contributed by atoms with E-state index in [0.717, 1.165) is 52.1 Å². The molecule has 1 aromatic carbocycles. The molecule has 1 aliphatic heterocycles.